The van der Waals surface area contributed by atoms with Crippen molar-refractivity contribution in [3.05, 3.63) is 82.4 Å². The number of aryl methyl sites for hydroxylation is 1. The topological polar surface area (TPSA) is 71.3 Å². The summed E-state index contributed by atoms with van der Waals surface area (Å²) < 4.78 is 1.30. The molecule has 1 amide bonds. The molecule has 7 nitrogen and oxygen atoms in total. The molecular formula is C25H25N5O2. The number of amides is 1. The van der Waals surface area contributed by atoms with Crippen molar-refractivity contribution in [2.24, 2.45) is 0 Å². The lowest BCUT2D eigenvalue weighted by Crippen LogP contribution is -2.49. The van der Waals surface area contributed by atoms with Crippen LogP contribution in [-0.4, -0.2) is 56.7 Å². The number of benzene rings is 2. The molecule has 2 aromatic carbocycles. The van der Waals surface area contributed by atoms with E-state index in [0.717, 1.165) is 41.6 Å². The number of piperazine rings is 1. The molecule has 0 saturated carbocycles. The first-order valence-corrected chi connectivity index (χ1v) is 10.9. The SMILES string of the molecule is Cc1nn(CC(=O)N2CCN(Cc3cccc4cccnc34)CC2)c(=O)c2ccccc12. The molecule has 1 aliphatic heterocycles. The van der Waals surface area contributed by atoms with Crippen LogP contribution in [0.5, 0.6) is 0 Å². The summed E-state index contributed by atoms with van der Waals surface area (Å²) in [5.74, 6) is -0.0687. The Balaban J connectivity index is 1.25. The highest BCUT2D eigenvalue weighted by Gasteiger charge is 2.23. The number of nitrogens with zero attached hydrogens (tertiary/aromatic N) is 5. The number of rotatable bonds is 4. The highest BCUT2D eigenvalue weighted by Crippen LogP contribution is 2.18. The molecule has 32 heavy (non-hydrogen) atoms. The van der Waals surface area contributed by atoms with E-state index in [9.17, 15) is 9.59 Å². The summed E-state index contributed by atoms with van der Waals surface area (Å²) in [6.07, 6.45) is 1.83. The smallest absolute Gasteiger partial charge is 0.275 e. The van der Waals surface area contributed by atoms with Gasteiger partial charge in [-0.1, -0.05) is 42.5 Å². The molecule has 4 aromatic rings. The Labute approximate surface area is 185 Å². The molecule has 162 valence electrons. The van der Waals surface area contributed by atoms with E-state index in [1.807, 2.05) is 42.3 Å². The predicted molar refractivity (Wildman–Crippen MR) is 124 cm³/mol. The second kappa shape index (κ2) is 8.51. The third-order valence-electron chi connectivity index (χ3n) is 6.17. The van der Waals surface area contributed by atoms with Gasteiger partial charge in [0.2, 0.25) is 5.91 Å². The number of carbonyl (C=O) groups is 1. The molecule has 0 spiro atoms. The van der Waals surface area contributed by atoms with Crippen molar-refractivity contribution in [1.82, 2.24) is 24.6 Å². The molecule has 0 radical (unpaired) electrons. The van der Waals surface area contributed by atoms with Gasteiger partial charge in [-0.05, 0) is 24.6 Å². The van der Waals surface area contributed by atoms with Gasteiger partial charge in [-0.25, -0.2) is 4.68 Å². The summed E-state index contributed by atoms with van der Waals surface area (Å²) in [7, 11) is 0. The number of para-hydroxylation sites is 1. The van der Waals surface area contributed by atoms with Crippen LogP contribution in [-0.2, 0) is 17.9 Å². The lowest BCUT2D eigenvalue weighted by molar-refractivity contribution is -0.133. The number of carbonyl (C=O) groups excluding carboxylic acids is 1. The summed E-state index contributed by atoms with van der Waals surface area (Å²) in [5.41, 5.74) is 2.76. The highest BCUT2D eigenvalue weighted by atomic mass is 16.2. The molecule has 1 fully saturated rings. The van der Waals surface area contributed by atoms with Crippen LogP contribution < -0.4 is 5.56 Å². The second-order valence-electron chi connectivity index (χ2n) is 8.24. The Morgan fingerprint density at radius 2 is 1.69 bits per heavy atom. The summed E-state index contributed by atoms with van der Waals surface area (Å²) in [6, 6.07) is 17.7. The van der Waals surface area contributed by atoms with Crippen LogP contribution in [0.3, 0.4) is 0 Å². The standard InChI is InChI=1S/C25H25N5O2/c1-18-21-9-2-3-10-22(21)25(32)30(27-18)17-23(31)29-14-12-28(13-15-29)16-20-7-4-6-19-8-5-11-26-24(19)20/h2-11H,12-17H2,1H3. The van der Waals surface area contributed by atoms with Gasteiger partial charge in [-0.15, -0.1) is 0 Å². The fourth-order valence-corrected chi connectivity index (χ4v) is 4.43. The number of hydrogen-bond acceptors (Lipinski definition) is 5. The Bertz CT molecular complexity index is 1350. The third kappa shape index (κ3) is 3.87. The molecule has 2 aromatic heterocycles. The summed E-state index contributed by atoms with van der Waals surface area (Å²) >= 11 is 0. The average molecular weight is 428 g/mol. The Hall–Kier alpha value is -3.58. The van der Waals surface area contributed by atoms with Crippen LogP contribution in [0, 0.1) is 6.92 Å². The molecule has 0 atom stereocenters. The van der Waals surface area contributed by atoms with E-state index in [1.165, 1.54) is 10.2 Å². The Morgan fingerprint density at radius 3 is 2.50 bits per heavy atom. The van der Waals surface area contributed by atoms with Crippen molar-refractivity contribution in [3.63, 3.8) is 0 Å². The van der Waals surface area contributed by atoms with Crippen LogP contribution in [0.2, 0.25) is 0 Å². The van der Waals surface area contributed by atoms with Gasteiger partial charge in [0.05, 0.1) is 16.6 Å². The van der Waals surface area contributed by atoms with Crippen molar-refractivity contribution in [1.29, 1.82) is 0 Å². The quantitative estimate of drug-likeness (QED) is 0.501. The van der Waals surface area contributed by atoms with Gasteiger partial charge in [0.25, 0.3) is 5.56 Å². The van der Waals surface area contributed by atoms with Crippen molar-refractivity contribution < 1.29 is 4.79 Å². The zero-order valence-corrected chi connectivity index (χ0v) is 18.1. The maximum atomic E-state index is 12.9. The van der Waals surface area contributed by atoms with Gasteiger partial charge in [-0.2, -0.15) is 5.10 Å². The van der Waals surface area contributed by atoms with E-state index >= 15 is 0 Å². The molecule has 5 rings (SSSR count). The monoisotopic (exact) mass is 427 g/mol. The van der Waals surface area contributed by atoms with E-state index in [1.54, 1.807) is 6.07 Å². The van der Waals surface area contributed by atoms with Crippen molar-refractivity contribution in [2.45, 2.75) is 20.0 Å². The summed E-state index contributed by atoms with van der Waals surface area (Å²) in [4.78, 5) is 34.4. The second-order valence-corrected chi connectivity index (χ2v) is 8.24. The van der Waals surface area contributed by atoms with E-state index in [2.05, 4.69) is 39.2 Å². The van der Waals surface area contributed by atoms with Crippen LogP contribution in [0.25, 0.3) is 21.7 Å². The molecule has 1 saturated heterocycles. The molecule has 0 aliphatic carbocycles. The molecule has 0 unspecified atom stereocenters. The number of fused-ring (bicyclic) bond motifs is 2. The minimum Gasteiger partial charge on any atom is -0.339 e. The number of aromatic nitrogens is 3. The van der Waals surface area contributed by atoms with Gasteiger partial charge in [0.1, 0.15) is 6.54 Å². The zero-order valence-electron chi connectivity index (χ0n) is 18.1. The summed E-state index contributed by atoms with van der Waals surface area (Å²) in [5, 5.41) is 6.95. The third-order valence-corrected chi connectivity index (χ3v) is 6.17. The van der Waals surface area contributed by atoms with E-state index < -0.39 is 0 Å². The van der Waals surface area contributed by atoms with Gasteiger partial charge < -0.3 is 4.90 Å². The van der Waals surface area contributed by atoms with Crippen LogP contribution in [0.1, 0.15) is 11.3 Å². The van der Waals surface area contributed by atoms with Gasteiger partial charge in [-0.3, -0.25) is 19.5 Å². The van der Waals surface area contributed by atoms with Gasteiger partial charge in [0.15, 0.2) is 0 Å². The first-order valence-electron chi connectivity index (χ1n) is 10.9. The van der Waals surface area contributed by atoms with Crippen molar-refractivity contribution in [2.75, 3.05) is 26.2 Å². The van der Waals surface area contributed by atoms with E-state index in [4.69, 9.17) is 0 Å². The molecule has 7 heteroatoms. The molecule has 3 heterocycles. The fraction of sp³-hybridized carbons (Fsp3) is 0.280. The van der Waals surface area contributed by atoms with Crippen molar-refractivity contribution >= 4 is 27.6 Å². The maximum Gasteiger partial charge on any atom is 0.275 e. The predicted octanol–water partition coefficient (Wildman–Crippen LogP) is 2.60. The van der Waals surface area contributed by atoms with E-state index in [0.29, 0.717) is 18.5 Å². The van der Waals surface area contributed by atoms with Crippen LogP contribution in [0.4, 0.5) is 0 Å². The fourth-order valence-electron chi connectivity index (χ4n) is 4.43. The number of hydrogen-bond donors (Lipinski definition) is 0. The minimum absolute atomic E-state index is 0.0300. The Morgan fingerprint density at radius 1 is 0.938 bits per heavy atom. The Kier molecular flexibility index (Phi) is 5.41. The summed E-state index contributed by atoms with van der Waals surface area (Å²) in [6.45, 7) is 5.49. The maximum absolute atomic E-state index is 12.9. The highest BCUT2D eigenvalue weighted by molar-refractivity contribution is 5.84. The lowest BCUT2D eigenvalue weighted by Gasteiger charge is -2.35. The lowest BCUT2D eigenvalue weighted by atomic mass is 10.1. The first-order chi connectivity index (χ1) is 15.6. The normalized spacial score (nSPS) is 14.8. The molecular weight excluding hydrogens is 402 g/mol. The minimum atomic E-state index is -0.221. The molecule has 0 bridgehead atoms. The molecule has 0 N–H and O–H groups in total. The van der Waals surface area contributed by atoms with E-state index in [-0.39, 0.29) is 18.0 Å². The van der Waals surface area contributed by atoms with Crippen LogP contribution >= 0.6 is 0 Å². The number of pyridine rings is 1. The first kappa shape index (κ1) is 20.3. The van der Waals surface area contributed by atoms with Gasteiger partial charge in [0, 0.05) is 49.7 Å². The molecule has 1 aliphatic rings. The zero-order chi connectivity index (χ0) is 22.1. The van der Waals surface area contributed by atoms with Crippen LogP contribution in [0.15, 0.2) is 65.6 Å². The largest absolute Gasteiger partial charge is 0.339 e. The average Bonchev–Trinajstić information content (AvgIpc) is 2.83. The van der Waals surface area contributed by atoms with Gasteiger partial charge >= 0.3 is 0 Å². The van der Waals surface area contributed by atoms with Crippen molar-refractivity contribution in [3.8, 4) is 0 Å².